The highest BCUT2D eigenvalue weighted by Gasteiger charge is 2.29. The van der Waals surface area contributed by atoms with Crippen molar-refractivity contribution < 1.29 is 0 Å². The monoisotopic (exact) mass is 288 g/mol. The molecule has 118 valence electrons. The summed E-state index contributed by atoms with van der Waals surface area (Å²) in [5, 5.41) is 3.73. The van der Waals surface area contributed by atoms with Gasteiger partial charge in [0.1, 0.15) is 0 Å². The van der Waals surface area contributed by atoms with Crippen LogP contribution in [-0.2, 0) is 6.42 Å². The fraction of sp³-hybridized carbons (Fsp3) is 0.684. The van der Waals surface area contributed by atoms with E-state index in [-0.39, 0.29) is 0 Å². The number of benzene rings is 1. The first-order chi connectivity index (χ1) is 10.1. The summed E-state index contributed by atoms with van der Waals surface area (Å²) < 4.78 is 0. The largest absolute Gasteiger partial charge is 0.374 e. The minimum atomic E-state index is 0.357. The van der Waals surface area contributed by atoms with Crippen molar-refractivity contribution in [3.8, 4) is 0 Å². The van der Waals surface area contributed by atoms with Gasteiger partial charge in [-0.2, -0.15) is 0 Å². The van der Waals surface area contributed by atoms with Crippen molar-refractivity contribution in [3.05, 3.63) is 29.8 Å². The third-order valence-corrected chi connectivity index (χ3v) is 4.65. The fourth-order valence-electron chi connectivity index (χ4n) is 3.16. The lowest BCUT2D eigenvalue weighted by molar-refractivity contribution is 0.283. The molecular weight excluding hydrogens is 256 g/mol. The molecule has 0 bridgehead atoms. The summed E-state index contributed by atoms with van der Waals surface area (Å²) in [4.78, 5) is 2.42. The zero-order valence-corrected chi connectivity index (χ0v) is 14.3. The lowest BCUT2D eigenvalue weighted by Gasteiger charge is -2.35. The molecule has 1 saturated carbocycles. The van der Waals surface area contributed by atoms with Crippen molar-refractivity contribution in [2.45, 2.75) is 58.9 Å². The van der Waals surface area contributed by atoms with Crippen molar-refractivity contribution in [3.63, 3.8) is 0 Å². The number of nitrogens with one attached hydrogen (secondary N) is 1. The number of rotatable bonds is 9. The molecule has 2 nitrogen and oxygen atoms in total. The van der Waals surface area contributed by atoms with Crippen LogP contribution in [0.5, 0.6) is 0 Å². The molecule has 0 spiro atoms. The molecule has 0 saturated heterocycles. The van der Waals surface area contributed by atoms with Gasteiger partial charge < -0.3 is 10.2 Å². The molecule has 1 aromatic rings. The molecule has 1 unspecified atom stereocenters. The fourth-order valence-corrected chi connectivity index (χ4v) is 3.16. The Morgan fingerprint density at radius 1 is 1.19 bits per heavy atom. The second kappa shape index (κ2) is 7.31. The molecule has 0 aliphatic heterocycles. The first kappa shape index (κ1) is 16.4. The van der Waals surface area contributed by atoms with Crippen LogP contribution in [0.1, 0.15) is 52.0 Å². The number of aryl methyl sites for hydroxylation is 1. The minimum absolute atomic E-state index is 0.357. The molecule has 21 heavy (non-hydrogen) atoms. The standard InChI is InChI=1S/C19H32N2/c1-5-13-19(3,14-20-17-9-10-17)15-21(4)18-11-7-16(6-2)8-12-18/h7-8,11-12,17,20H,5-6,9-10,13-15H2,1-4H3. The van der Waals surface area contributed by atoms with Gasteiger partial charge in [0.2, 0.25) is 0 Å². The highest BCUT2D eigenvalue weighted by atomic mass is 15.1. The van der Waals surface area contributed by atoms with Gasteiger partial charge in [0, 0.05) is 31.9 Å². The second-order valence-corrected chi connectivity index (χ2v) is 7.09. The van der Waals surface area contributed by atoms with Gasteiger partial charge in [-0.05, 0) is 48.8 Å². The van der Waals surface area contributed by atoms with Crippen molar-refractivity contribution in [2.24, 2.45) is 5.41 Å². The van der Waals surface area contributed by atoms with Gasteiger partial charge in [0.05, 0.1) is 0 Å². The number of anilines is 1. The Labute approximate surface area is 130 Å². The van der Waals surface area contributed by atoms with E-state index in [9.17, 15) is 0 Å². The Morgan fingerprint density at radius 2 is 1.86 bits per heavy atom. The summed E-state index contributed by atoms with van der Waals surface area (Å²) in [6.45, 7) is 9.20. The molecule has 1 aliphatic rings. The molecule has 0 amide bonds. The maximum Gasteiger partial charge on any atom is 0.0363 e. The molecule has 1 fully saturated rings. The first-order valence-corrected chi connectivity index (χ1v) is 8.60. The van der Waals surface area contributed by atoms with Gasteiger partial charge in [-0.25, -0.2) is 0 Å². The Balaban J connectivity index is 1.96. The van der Waals surface area contributed by atoms with Crippen LogP contribution in [0.2, 0.25) is 0 Å². The normalized spacial score (nSPS) is 17.5. The van der Waals surface area contributed by atoms with Crippen molar-refractivity contribution >= 4 is 5.69 Å². The molecule has 2 heteroatoms. The van der Waals surface area contributed by atoms with Gasteiger partial charge >= 0.3 is 0 Å². The van der Waals surface area contributed by atoms with E-state index in [0.29, 0.717) is 5.41 Å². The maximum absolute atomic E-state index is 3.73. The van der Waals surface area contributed by atoms with Crippen LogP contribution < -0.4 is 10.2 Å². The van der Waals surface area contributed by atoms with Crippen LogP contribution in [-0.4, -0.2) is 26.2 Å². The van der Waals surface area contributed by atoms with Crippen molar-refractivity contribution in [2.75, 3.05) is 25.0 Å². The van der Waals surface area contributed by atoms with E-state index < -0.39 is 0 Å². The van der Waals surface area contributed by atoms with Crippen LogP contribution in [0.4, 0.5) is 5.69 Å². The Morgan fingerprint density at radius 3 is 2.38 bits per heavy atom. The van der Waals surface area contributed by atoms with Crippen molar-refractivity contribution in [1.82, 2.24) is 5.32 Å². The SMILES string of the molecule is CCCC(C)(CNC1CC1)CN(C)c1ccc(CC)cc1. The number of nitrogens with zero attached hydrogens (tertiary/aromatic N) is 1. The first-order valence-electron chi connectivity index (χ1n) is 8.60. The second-order valence-electron chi connectivity index (χ2n) is 7.09. The van der Waals surface area contributed by atoms with Crippen LogP contribution in [0, 0.1) is 5.41 Å². The number of hydrogen-bond acceptors (Lipinski definition) is 2. The quantitative estimate of drug-likeness (QED) is 0.731. The van der Waals surface area contributed by atoms with Crippen LogP contribution in [0.3, 0.4) is 0 Å². The predicted octanol–water partition coefficient (Wildman–Crippen LogP) is 4.24. The summed E-state index contributed by atoms with van der Waals surface area (Å²) in [6.07, 6.45) is 6.39. The van der Waals surface area contributed by atoms with E-state index in [4.69, 9.17) is 0 Å². The topological polar surface area (TPSA) is 15.3 Å². The molecule has 1 N–H and O–H groups in total. The van der Waals surface area contributed by atoms with Crippen LogP contribution in [0.25, 0.3) is 0 Å². The molecule has 1 atom stereocenters. The summed E-state index contributed by atoms with van der Waals surface area (Å²) in [5.74, 6) is 0. The third-order valence-electron chi connectivity index (χ3n) is 4.65. The molecule has 0 aromatic heterocycles. The van der Waals surface area contributed by atoms with E-state index in [1.165, 1.54) is 36.9 Å². The van der Waals surface area contributed by atoms with Gasteiger partial charge in [-0.15, -0.1) is 0 Å². The van der Waals surface area contributed by atoms with E-state index in [2.05, 4.69) is 62.3 Å². The average Bonchev–Trinajstić information content (AvgIpc) is 3.30. The smallest absolute Gasteiger partial charge is 0.0363 e. The third kappa shape index (κ3) is 5.03. The highest BCUT2D eigenvalue weighted by Crippen LogP contribution is 2.28. The van der Waals surface area contributed by atoms with E-state index >= 15 is 0 Å². The van der Waals surface area contributed by atoms with Crippen molar-refractivity contribution in [1.29, 1.82) is 0 Å². The summed E-state index contributed by atoms with van der Waals surface area (Å²) in [6, 6.07) is 9.84. The minimum Gasteiger partial charge on any atom is -0.374 e. The lowest BCUT2D eigenvalue weighted by Crippen LogP contribution is -2.41. The van der Waals surface area contributed by atoms with Gasteiger partial charge in [-0.3, -0.25) is 0 Å². The molecule has 0 radical (unpaired) electrons. The van der Waals surface area contributed by atoms with Crippen LogP contribution >= 0.6 is 0 Å². The summed E-state index contributed by atoms with van der Waals surface area (Å²) in [7, 11) is 2.23. The Hall–Kier alpha value is -1.02. The van der Waals surface area contributed by atoms with E-state index in [1.54, 1.807) is 0 Å². The van der Waals surface area contributed by atoms with Gasteiger partial charge in [0.15, 0.2) is 0 Å². The number of hydrogen-bond donors (Lipinski definition) is 1. The zero-order valence-electron chi connectivity index (χ0n) is 14.3. The maximum atomic E-state index is 3.73. The van der Waals surface area contributed by atoms with Gasteiger partial charge in [-0.1, -0.05) is 39.3 Å². The summed E-state index contributed by atoms with van der Waals surface area (Å²) >= 11 is 0. The summed E-state index contributed by atoms with van der Waals surface area (Å²) in [5.41, 5.74) is 3.11. The predicted molar refractivity (Wildman–Crippen MR) is 93.1 cm³/mol. The Kier molecular flexibility index (Phi) is 5.69. The Bertz CT molecular complexity index is 422. The highest BCUT2D eigenvalue weighted by molar-refractivity contribution is 5.47. The van der Waals surface area contributed by atoms with Crippen LogP contribution in [0.15, 0.2) is 24.3 Å². The van der Waals surface area contributed by atoms with Gasteiger partial charge in [0.25, 0.3) is 0 Å². The van der Waals surface area contributed by atoms with E-state index in [1.807, 2.05) is 0 Å². The molecular formula is C19H32N2. The molecule has 0 heterocycles. The molecule has 2 rings (SSSR count). The molecule has 1 aliphatic carbocycles. The average molecular weight is 288 g/mol. The zero-order chi connectivity index (χ0) is 15.3. The molecule has 1 aromatic carbocycles. The van der Waals surface area contributed by atoms with E-state index in [0.717, 1.165) is 25.6 Å². The lowest BCUT2D eigenvalue weighted by atomic mass is 9.84.